The van der Waals surface area contributed by atoms with Crippen molar-refractivity contribution >= 4 is 51.7 Å². The first-order valence-electron chi connectivity index (χ1n) is 10.7. The molecule has 1 saturated heterocycles. The zero-order chi connectivity index (χ0) is 24.0. The highest BCUT2D eigenvalue weighted by molar-refractivity contribution is 6.32. The van der Waals surface area contributed by atoms with Crippen molar-refractivity contribution in [3.05, 3.63) is 58.7 Å². The molecule has 1 aromatic heterocycles. The van der Waals surface area contributed by atoms with Crippen molar-refractivity contribution in [3.8, 4) is 0 Å². The van der Waals surface area contributed by atoms with Crippen LogP contribution in [0.4, 0.5) is 10.1 Å². The van der Waals surface area contributed by atoms with Crippen LogP contribution in [0.5, 0.6) is 0 Å². The molecule has 3 heterocycles. The number of nitrogens with one attached hydrogen (secondary N) is 1. The van der Waals surface area contributed by atoms with Gasteiger partial charge in [-0.2, -0.15) is 5.10 Å². The van der Waals surface area contributed by atoms with E-state index in [2.05, 4.69) is 15.4 Å². The maximum Gasteiger partial charge on any atom is 0.269 e. The molecule has 0 aliphatic carbocycles. The first-order valence-corrected chi connectivity index (χ1v) is 11.0. The maximum atomic E-state index is 14.3. The molecule has 2 atom stereocenters. The summed E-state index contributed by atoms with van der Waals surface area (Å²) in [7, 11) is 0. The van der Waals surface area contributed by atoms with Crippen LogP contribution in [0.3, 0.4) is 0 Å². The van der Waals surface area contributed by atoms with E-state index in [-0.39, 0.29) is 25.2 Å². The number of nitrogens with two attached hydrogens (primary N) is 1. The van der Waals surface area contributed by atoms with Gasteiger partial charge in [0, 0.05) is 28.8 Å². The molecule has 5 rings (SSSR count). The van der Waals surface area contributed by atoms with Gasteiger partial charge in [-0.25, -0.2) is 9.38 Å². The van der Waals surface area contributed by atoms with Crippen molar-refractivity contribution in [1.82, 2.24) is 20.0 Å². The average Bonchev–Trinajstić information content (AvgIpc) is 3.49. The number of hydrogen-bond donors (Lipinski definition) is 2. The number of carbonyl (C=O) groups excluding carboxylic acids is 3. The van der Waals surface area contributed by atoms with E-state index in [1.807, 2.05) is 0 Å². The van der Waals surface area contributed by atoms with Gasteiger partial charge < -0.3 is 16.0 Å². The van der Waals surface area contributed by atoms with Gasteiger partial charge in [0.1, 0.15) is 24.6 Å². The lowest BCUT2D eigenvalue weighted by Crippen LogP contribution is -2.48. The normalized spacial score (nSPS) is 19.2. The maximum absolute atomic E-state index is 14.3. The average molecular weight is 483 g/mol. The summed E-state index contributed by atoms with van der Waals surface area (Å²) in [5, 5.41) is 7.96. The number of rotatable bonds is 4. The first-order chi connectivity index (χ1) is 16.3. The van der Waals surface area contributed by atoms with Crippen molar-refractivity contribution in [2.45, 2.75) is 31.6 Å². The summed E-state index contributed by atoms with van der Waals surface area (Å²) in [6.07, 6.45) is -1.12. The summed E-state index contributed by atoms with van der Waals surface area (Å²) in [4.78, 5) is 43.4. The highest BCUT2D eigenvalue weighted by Gasteiger charge is 2.40. The van der Waals surface area contributed by atoms with Crippen molar-refractivity contribution in [3.63, 3.8) is 0 Å². The summed E-state index contributed by atoms with van der Waals surface area (Å²) in [6, 6.07) is 11.2. The molecule has 11 heteroatoms. The van der Waals surface area contributed by atoms with Crippen LogP contribution < -0.4 is 11.1 Å². The predicted molar refractivity (Wildman–Crippen MR) is 124 cm³/mol. The fourth-order valence-electron chi connectivity index (χ4n) is 4.43. The van der Waals surface area contributed by atoms with Gasteiger partial charge in [-0.15, -0.1) is 0 Å². The molecule has 0 unspecified atom stereocenters. The summed E-state index contributed by atoms with van der Waals surface area (Å²) in [5.74, 6) is -1.33. The molecule has 3 amide bonds. The van der Waals surface area contributed by atoms with Gasteiger partial charge in [-0.3, -0.25) is 19.1 Å². The largest absolute Gasteiger partial charge is 0.364 e. The molecular weight excluding hydrogens is 463 g/mol. The van der Waals surface area contributed by atoms with Crippen LogP contribution in [0.25, 0.3) is 10.9 Å². The zero-order valence-corrected chi connectivity index (χ0v) is 18.6. The number of aromatic nitrogens is 2. The fraction of sp³-hybridized carbons (Fsp3) is 0.261. The van der Waals surface area contributed by atoms with Crippen molar-refractivity contribution in [2.75, 3.05) is 6.54 Å². The molecule has 3 N–H and O–H groups in total. The second-order valence-electron chi connectivity index (χ2n) is 8.24. The molecule has 2 aliphatic rings. The van der Waals surface area contributed by atoms with Gasteiger partial charge in [-0.05, 0) is 18.2 Å². The Labute approximate surface area is 198 Å². The molecule has 2 aliphatic heterocycles. The monoisotopic (exact) mass is 482 g/mol. The Morgan fingerprint density at radius 3 is 2.74 bits per heavy atom. The second-order valence-corrected chi connectivity index (χ2v) is 8.65. The zero-order valence-electron chi connectivity index (χ0n) is 17.9. The van der Waals surface area contributed by atoms with E-state index in [1.165, 1.54) is 9.58 Å². The van der Waals surface area contributed by atoms with Crippen molar-refractivity contribution in [1.29, 1.82) is 0 Å². The number of para-hydroxylation sites is 1. The number of likely N-dealkylation sites (tertiary alicyclic amines) is 1. The highest BCUT2D eigenvalue weighted by atomic mass is 35.5. The number of benzene rings is 2. The number of alkyl halides is 1. The molecule has 9 nitrogen and oxygen atoms in total. The van der Waals surface area contributed by atoms with Crippen LogP contribution >= 0.6 is 11.6 Å². The first kappa shape index (κ1) is 22.0. The molecule has 0 spiro atoms. The highest BCUT2D eigenvalue weighted by Crippen LogP contribution is 2.32. The molecule has 3 aromatic rings. The Morgan fingerprint density at radius 1 is 1.18 bits per heavy atom. The quantitative estimate of drug-likeness (QED) is 0.591. The molecule has 0 radical (unpaired) electrons. The second kappa shape index (κ2) is 8.53. The number of fused-ring (bicyclic) bond motifs is 2. The Balaban J connectivity index is 1.33. The third-order valence-corrected chi connectivity index (χ3v) is 6.36. The lowest BCUT2D eigenvalue weighted by Gasteiger charge is -2.23. The van der Waals surface area contributed by atoms with E-state index >= 15 is 0 Å². The lowest BCUT2D eigenvalue weighted by molar-refractivity contribution is -0.138. The number of aliphatic imine (C=N–C) groups is 1. The van der Waals surface area contributed by atoms with E-state index in [0.29, 0.717) is 33.9 Å². The van der Waals surface area contributed by atoms with E-state index < -0.39 is 29.9 Å². The van der Waals surface area contributed by atoms with E-state index in [4.69, 9.17) is 17.3 Å². The number of amides is 3. The van der Waals surface area contributed by atoms with Crippen LogP contribution in [0.15, 0.2) is 47.5 Å². The molecule has 174 valence electrons. The van der Waals surface area contributed by atoms with Crippen molar-refractivity contribution in [2.24, 2.45) is 10.7 Å². The fourth-order valence-corrected chi connectivity index (χ4v) is 4.67. The van der Waals surface area contributed by atoms with Crippen LogP contribution in [0.2, 0.25) is 5.02 Å². The van der Waals surface area contributed by atoms with Crippen LogP contribution in [-0.2, 0) is 22.6 Å². The minimum absolute atomic E-state index is 0.0416. The number of hydrogen-bond acceptors (Lipinski definition) is 5. The number of primary amides is 1. The third kappa shape index (κ3) is 3.90. The molecule has 0 saturated carbocycles. The summed E-state index contributed by atoms with van der Waals surface area (Å²) < 4.78 is 15.7. The number of halogens is 2. The molecule has 0 bridgehead atoms. The van der Waals surface area contributed by atoms with Gasteiger partial charge in [0.05, 0.1) is 17.7 Å². The predicted octanol–water partition coefficient (Wildman–Crippen LogP) is 2.13. The molecule has 1 fully saturated rings. The Kier molecular flexibility index (Phi) is 5.52. The van der Waals surface area contributed by atoms with Gasteiger partial charge in [-0.1, -0.05) is 35.9 Å². The SMILES string of the molecule is NC(=O)c1nn(CC(=O)N2C[C@H](F)C[C@H]2C(=O)NC2=Nc3cccc(Cl)c3C2)c2ccccc12. The minimum Gasteiger partial charge on any atom is -0.364 e. The van der Waals surface area contributed by atoms with Gasteiger partial charge in [0.25, 0.3) is 5.91 Å². The number of amidine groups is 1. The summed E-state index contributed by atoms with van der Waals surface area (Å²) >= 11 is 6.20. The molecular formula is C23H20ClFN6O3. The molecule has 2 aromatic carbocycles. The van der Waals surface area contributed by atoms with Gasteiger partial charge >= 0.3 is 0 Å². The smallest absolute Gasteiger partial charge is 0.269 e. The van der Waals surface area contributed by atoms with Crippen LogP contribution in [0.1, 0.15) is 22.5 Å². The number of nitrogens with zero attached hydrogens (tertiary/aromatic N) is 4. The van der Waals surface area contributed by atoms with Gasteiger partial charge in [0.2, 0.25) is 11.8 Å². The van der Waals surface area contributed by atoms with Crippen LogP contribution in [-0.4, -0.2) is 57.0 Å². The lowest BCUT2D eigenvalue weighted by atomic mass is 10.1. The Bertz CT molecular complexity index is 1370. The van der Waals surface area contributed by atoms with E-state index in [0.717, 1.165) is 5.56 Å². The van der Waals surface area contributed by atoms with Crippen molar-refractivity contribution < 1.29 is 18.8 Å². The third-order valence-electron chi connectivity index (χ3n) is 6.01. The van der Waals surface area contributed by atoms with E-state index in [1.54, 1.807) is 42.5 Å². The Morgan fingerprint density at radius 2 is 1.97 bits per heavy atom. The topological polar surface area (TPSA) is 123 Å². The molecule has 34 heavy (non-hydrogen) atoms. The summed E-state index contributed by atoms with van der Waals surface area (Å²) in [6.45, 7) is -0.483. The minimum atomic E-state index is -1.34. The standard InChI is InChI=1S/C23H20ClFN6O3/c24-15-5-3-6-16-14(15)9-19(27-16)28-23(34)18-8-12(25)10-30(18)20(32)11-31-17-7-2-1-4-13(17)21(29-31)22(26)33/h1-7,12,18H,8-11H2,(H2,26,33)(H,27,28,34)/t12-,18+/m1/s1. The Hall–Kier alpha value is -3.79. The van der Waals surface area contributed by atoms with Gasteiger partial charge in [0.15, 0.2) is 5.69 Å². The summed E-state index contributed by atoms with van der Waals surface area (Å²) in [5.41, 5.74) is 7.46. The van der Waals surface area contributed by atoms with E-state index in [9.17, 15) is 18.8 Å². The number of carbonyl (C=O) groups is 3. The van der Waals surface area contributed by atoms with Crippen LogP contribution in [0, 0.1) is 0 Å².